The fourth-order valence-corrected chi connectivity index (χ4v) is 2.21. The molecule has 92 valence electrons. The summed E-state index contributed by atoms with van der Waals surface area (Å²) < 4.78 is 19.0. The monoisotopic (exact) mass is 244 g/mol. The molecule has 0 saturated carbocycles. The fourth-order valence-electron chi connectivity index (χ4n) is 2.21. The molecule has 0 aromatic heterocycles. The lowest BCUT2D eigenvalue weighted by atomic mass is 9.84. The van der Waals surface area contributed by atoms with Gasteiger partial charge >= 0.3 is 0 Å². The van der Waals surface area contributed by atoms with Crippen molar-refractivity contribution in [3.63, 3.8) is 0 Å². The summed E-state index contributed by atoms with van der Waals surface area (Å²) in [4.78, 5) is 0. The van der Waals surface area contributed by atoms with Crippen molar-refractivity contribution in [2.75, 3.05) is 0 Å². The molecule has 1 unspecified atom stereocenters. The first-order valence-electron chi connectivity index (χ1n) is 5.92. The van der Waals surface area contributed by atoms with Gasteiger partial charge in [0, 0.05) is 17.5 Å². The van der Waals surface area contributed by atoms with E-state index in [1.54, 1.807) is 6.07 Å². The molecule has 0 heterocycles. The normalized spacial score (nSPS) is 16.9. The highest BCUT2D eigenvalue weighted by Gasteiger charge is 2.31. The Morgan fingerprint density at radius 1 is 1.17 bits per heavy atom. The van der Waals surface area contributed by atoms with Crippen molar-refractivity contribution in [1.29, 1.82) is 0 Å². The van der Waals surface area contributed by atoms with Gasteiger partial charge in [0.25, 0.3) is 0 Å². The Morgan fingerprint density at radius 2 is 1.94 bits per heavy atom. The maximum atomic E-state index is 13.4. The Morgan fingerprint density at radius 3 is 2.67 bits per heavy atom. The SMILES string of the molecule is OC1Cc2c(F)ccc(OCc3ccccc3)c21. The van der Waals surface area contributed by atoms with Crippen molar-refractivity contribution >= 4 is 0 Å². The molecule has 18 heavy (non-hydrogen) atoms. The number of halogens is 1. The van der Waals surface area contributed by atoms with Crippen LogP contribution >= 0.6 is 0 Å². The summed E-state index contributed by atoms with van der Waals surface area (Å²) in [6.07, 6.45) is -0.217. The summed E-state index contributed by atoms with van der Waals surface area (Å²) >= 11 is 0. The Hall–Kier alpha value is -1.87. The predicted molar refractivity (Wildman–Crippen MR) is 65.8 cm³/mol. The number of benzene rings is 2. The van der Waals surface area contributed by atoms with Gasteiger partial charge < -0.3 is 9.84 Å². The summed E-state index contributed by atoms with van der Waals surface area (Å²) in [6, 6.07) is 12.7. The first-order valence-corrected chi connectivity index (χ1v) is 5.92. The summed E-state index contributed by atoms with van der Waals surface area (Å²) in [7, 11) is 0. The molecule has 2 nitrogen and oxygen atoms in total. The van der Waals surface area contributed by atoms with Crippen LogP contribution in [-0.2, 0) is 13.0 Å². The highest BCUT2D eigenvalue weighted by atomic mass is 19.1. The number of aliphatic hydroxyl groups is 1. The quantitative estimate of drug-likeness (QED) is 0.899. The van der Waals surface area contributed by atoms with Gasteiger partial charge in [0.2, 0.25) is 0 Å². The number of rotatable bonds is 3. The number of ether oxygens (including phenoxy) is 1. The van der Waals surface area contributed by atoms with E-state index in [4.69, 9.17) is 4.74 Å². The summed E-state index contributed by atoms with van der Waals surface area (Å²) in [5.74, 6) is 0.316. The van der Waals surface area contributed by atoms with Gasteiger partial charge in [-0.25, -0.2) is 4.39 Å². The van der Waals surface area contributed by atoms with E-state index < -0.39 is 6.10 Å². The van der Waals surface area contributed by atoms with Crippen LogP contribution in [0.3, 0.4) is 0 Å². The Balaban J connectivity index is 1.80. The zero-order valence-corrected chi connectivity index (χ0v) is 9.77. The molecule has 3 heteroatoms. The van der Waals surface area contributed by atoms with Crippen LogP contribution in [0.25, 0.3) is 0 Å². The van der Waals surface area contributed by atoms with E-state index in [1.807, 2.05) is 30.3 Å². The van der Waals surface area contributed by atoms with Gasteiger partial charge in [0.15, 0.2) is 0 Å². The fraction of sp³-hybridized carbons (Fsp3) is 0.200. The summed E-state index contributed by atoms with van der Waals surface area (Å²) in [6.45, 7) is 0.422. The van der Waals surface area contributed by atoms with Crippen molar-refractivity contribution in [2.24, 2.45) is 0 Å². The third kappa shape index (κ3) is 1.87. The molecule has 0 bridgehead atoms. The first-order chi connectivity index (χ1) is 8.75. The molecule has 2 aromatic rings. The molecular formula is C15H13FO2. The summed E-state index contributed by atoms with van der Waals surface area (Å²) in [5, 5.41) is 9.66. The van der Waals surface area contributed by atoms with Crippen molar-refractivity contribution in [3.8, 4) is 5.75 Å². The van der Waals surface area contributed by atoms with Crippen LogP contribution in [0.1, 0.15) is 22.8 Å². The first kappa shape index (κ1) is 11.2. The lowest BCUT2D eigenvalue weighted by Crippen LogP contribution is -2.20. The van der Waals surface area contributed by atoms with Gasteiger partial charge in [-0.05, 0) is 17.7 Å². The molecule has 0 aliphatic heterocycles. The predicted octanol–water partition coefficient (Wildman–Crippen LogP) is 2.99. The van der Waals surface area contributed by atoms with E-state index in [2.05, 4.69) is 0 Å². The van der Waals surface area contributed by atoms with Crippen LogP contribution in [0, 0.1) is 5.82 Å². The van der Waals surface area contributed by atoms with Gasteiger partial charge in [-0.3, -0.25) is 0 Å². The zero-order valence-electron chi connectivity index (χ0n) is 9.77. The van der Waals surface area contributed by atoms with E-state index in [9.17, 15) is 9.50 Å². The number of hydrogen-bond donors (Lipinski definition) is 1. The maximum absolute atomic E-state index is 13.4. The molecule has 0 spiro atoms. The lowest BCUT2D eigenvalue weighted by molar-refractivity contribution is 0.142. The van der Waals surface area contributed by atoms with Crippen molar-refractivity contribution in [1.82, 2.24) is 0 Å². The van der Waals surface area contributed by atoms with Crippen LogP contribution < -0.4 is 4.74 Å². The molecule has 0 fully saturated rings. The highest BCUT2D eigenvalue weighted by Crippen LogP contribution is 2.41. The smallest absolute Gasteiger partial charge is 0.127 e. The number of fused-ring (bicyclic) bond motifs is 1. The second-order valence-electron chi connectivity index (χ2n) is 4.43. The van der Waals surface area contributed by atoms with Crippen molar-refractivity contribution in [2.45, 2.75) is 19.1 Å². The topological polar surface area (TPSA) is 29.5 Å². The third-order valence-electron chi connectivity index (χ3n) is 3.23. The number of aliphatic hydroxyl groups excluding tert-OH is 1. The standard InChI is InChI=1S/C15H13FO2/c16-12-6-7-14(15-11(12)8-13(15)17)18-9-10-4-2-1-3-5-10/h1-7,13,17H,8-9H2. The van der Waals surface area contributed by atoms with Gasteiger partial charge in [-0.2, -0.15) is 0 Å². The van der Waals surface area contributed by atoms with Crippen molar-refractivity contribution in [3.05, 3.63) is 65.0 Å². The number of hydrogen-bond acceptors (Lipinski definition) is 2. The Labute approximate surface area is 105 Å². The van der Waals surface area contributed by atoms with E-state index in [1.165, 1.54) is 6.07 Å². The van der Waals surface area contributed by atoms with E-state index >= 15 is 0 Å². The van der Waals surface area contributed by atoms with E-state index in [0.29, 0.717) is 29.9 Å². The molecule has 2 aromatic carbocycles. The zero-order chi connectivity index (χ0) is 12.5. The van der Waals surface area contributed by atoms with Gasteiger partial charge in [0.05, 0.1) is 6.10 Å². The van der Waals surface area contributed by atoms with Crippen LogP contribution in [-0.4, -0.2) is 5.11 Å². The summed E-state index contributed by atoms with van der Waals surface area (Å²) in [5.41, 5.74) is 2.23. The van der Waals surface area contributed by atoms with Gasteiger partial charge in [-0.15, -0.1) is 0 Å². The average molecular weight is 244 g/mol. The maximum Gasteiger partial charge on any atom is 0.127 e. The molecule has 3 rings (SSSR count). The Kier molecular flexibility index (Phi) is 2.76. The highest BCUT2D eigenvalue weighted by molar-refractivity contribution is 5.49. The molecule has 0 radical (unpaired) electrons. The van der Waals surface area contributed by atoms with Crippen molar-refractivity contribution < 1.29 is 14.2 Å². The molecule has 0 saturated heterocycles. The lowest BCUT2D eigenvalue weighted by Gasteiger charge is -2.28. The van der Waals surface area contributed by atoms with Crippen LogP contribution in [0.15, 0.2) is 42.5 Å². The van der Waals surface area contributed by atoms with E-state index in [-0.39, 0.29) is 5.82 Å². The largest absolute Gasteiger partial charge is 0.489 e. The van der Waals surface area contributed by atoms with Gasteiger partial charge in [0.1, 0.15) is 18.2 Å². The minimum Gasteiger partial charge on any atom is -0.489 e. The second kappa shape index (κ2) is 4.42. The minimum atomic E-state index is -0.596. The third-order valence-corrected chi connectivity index (χ3v) is 3.23. The molecule has 1 atom stereocenters. The molecule has 1 aliphatic carbocycles. The molecule has 0 amide bonds. The molecule has 1 N–H and O–H groups in total. The van der Waals surface area contributed by atoms with Crippen LogP contribution in [0.2, 0.25) is 0 Å². The second-order valence-corrected chi connectivity index (χ2v) is 4.43. The van der Waals surface area contributed by atoms with Crippen LogP contribution in [0.5, 0.6) is 5.75 Å². The van der Waals surface area contributed by atoms with Gasteiger partial charge in [-0.1, -0.05) is 30.3 Å². The van der Waals surface area contributed by atoms with E-state index in [0.717, 1.165) is 5.56 Å². The Bertz CT molecular complexity index is 566. The molecule has 1 aliphatic rings. The van der Waals surface area contributed by atoms with Crippen LogP contribution in [0.4, 0.5) is 4.39 Å². The average Bonchev–Trinajstić information content (AvgIpc) is 2.39. The molecular weight excluding hydrogens is 231 g/mol. The minimum absolute atomic E-state index is 0.262.